The number of nitrogens with zero attached hydrogens (tertiary/aromatic N) is 2. The SMILES string of the molecule is O=C1NC2CCCCC2CC1Cc1nnc(Cc2ccc(Br)cc2)o1. The summed E-state index contributed by atoms with van der Waals surface area (Å²) in [5, 5.41) is 11.5. The molecule has 25 heavy (non-hydrogen) atoms. The van der Waals surface area contributed by atoms with E-state index in [9.17, 15) is 4.79 Å². The average Bonchev–Trinajstić information content (AvgIpc) is 3.05. The van der Waals surface area contributed by atoms with E-state index in [-0.39, 0.29) is 11.8 Å². The molecule has 1 aromatic carbocycles. The highest BCUT2D eigenvalue weighted by molar-refractivity contribution is 9.10. The van der Waals surface area contributed by atoms with Gasteiger partial charge in [-0.25, -0.2) is 0 Å². The molecule has 1 aliphatic carbocycles. The Balaban J connectivity index is 1.39. The van der Waals surface area contributed by atoms with Gasteiger partial charge in [-0.05, 0) is 42.9 Å². The van der Waals surface area contributed by atoms with Crippen LogP contribution in [0.25, 0.3) is 0 Å². The van der Waals surface area contributed by atoms with Crippen molar-refractivity contribution in [3.8, 4) is 0 Å². The van der Waals surface area contributed by atoms with Crippen molar-refractivity contribution in [1.82, 2.24) is 15.5 Å². The first-order valence-electron chi connectivity index (χ1n) is 9.03. The molecule has 2 aromatic rings. The molecule has 1 saturated heterocycles. The Kier molecular flexibility index (Phi) is 4.88. The van der Waals surface area contributed by atoms with E-state index in [1.54, 1.807) is 0 Å². The number of hydrogen-bond acceptors (Lipinski definition) is 4. The van der Waals surface area contributed by atoms with Gasteiger partial charge >= 0.3 is 0 Å². The first-order chi connectivity index (χ1) is 12.2. The lowest BCUT2D eigenvalue weighted by molar-refractivity contribution is -0.130. The number of carbonyl (C=O) groups is 1. The smallest absolute Gasteiger partial charge is 0.223 e. The summed E-state index contributed by atoms with van der Waals surface area (Å²) >= 11 is 3.43. The molecule has 5 nitrogen and oxygen atoms in total. The summed E-state index contributed by atoms with van der Waals surface area (Å²) in [5.74, 6) is 1.89. The molecule has 0 radical (unpaired) electrons. The number of fused-ring (bicyclic) bond motifs is 1. The van der Waals surface area contributed by atoms with Gasteiger partial charge in [0.05, 0.1) is 6.42 Å². The van der Waals surface area contributed by atoms with Crippen molar-refractivity contribution in [2.75, 3.05) is 0 Å². The normalized spacial score (nSPS) is 26.1. The second-order valence-electron chi connectivity index (χ2n) is 7.19. The summed E-state index contributed by atoms with van der Waals surface area (Å²) in [6.45, 7) is 0. The zero-order valence-corrected chi connectivity index (χ0v) is 15.7. The fourth-order valence-electron chi connectivity index (χ4n) is 4.06. The van der Waals surface area contributed by atoms with Gasteiger partial charge in [-0.15, -0.1) is 10.2 Å². The van der Waals surface area contributed by atoms with E-state index < -0.39 is 0 Å². The van der Waals surface area contributed by atoms with Crippen LogP contribution in [-0.4, -0.2) is 22.1 Å². The highest BCUT2D eigenvalue weighted by atomic mass is 79.9. The third kappa shape index (κ3) is 3.94. The average molecular weight is 404 g/mol. The maximum Gasteiger partial charge on any atom is 0.223 e. The van der Waals surface area contributed by atoms with Crippen molar-refractivity contribution in [2.24, 2.45) is 11.8 Å². The Labute approximate surface area is 155 Å². The summed E-state index contributed by atoms with van der Waals surface area (Å²) in [5.41, 5.74) is 1.12. The third-order valence-electron chi connectivity index (χ3n) is 5.39. The molecule has 2 aliphatic rings. The van der Waals surface area contributed by atoms with Crippen molar-refractivity contribution in [2.45, 2.75) is 51.0 Å². The molecule has 0 spiro atoms. The van der Waals surface area contributed by atoms with Crippen molar-refractivity contribution < 1.29 is 9.21 Å². The van der Waals surface area contributed by atoms with E-state index in [0.29, 0.717) is 36.6 Å². The molecule has 1 N–H and O–H groups in total. The minimum Gasteiger partial charge on any atom is -0.425 e. The number of aromatic nitrogens is 2. The second-order valence-corrected chi connectivity index (χ2v) is 8.10. The van der Waals surface area contributed by atoms with E-state index in [4.69, 9.17) is 4.42 Å². The predicted octanol–water partition coefficient (Wildman–Crippen LogP) is 3.66. The van der Waals surface area contributed by atoms with Gasteiger partial charge in [0.15, 0.2) is 0 Å². The second kappa shape index (κ2) is 7.28. The number of halogens is 1. The number of amides is 1. The van der Waals surface area contributed by atoms with Crippen LogP contribution in [0.4, 0.5) is 0 Å². The van der Waals surface area contributed by atoms with Crippen LogP contribution in [-0.2, 0) is 17.6 Å². The molecule has 132 valence electrons. The monoisotopic (exact) mass is 403 g/mol. The molecular formula is C19H22BrN3O2. The quantitative estimate of drug-likeness (QED) is 0.845. The lowest BCUT2D eigenvalue weighted by Crippen LogP contribution is -2.51. The third-order valence-corrected chi connectivity index (χ3v) is 5.92. The standard InChI is InChI=1S/C19H22BrN3O2/c20-15-7-5-12(6-8-15)9-17-22-23-18(25-17)11-14-10-13-3-1-2-4-16(13)21-19(14)24/h5-8,13-14,16H,1-4,9-11H2,(H,21,24). The molecule has 3 unspecified atom stereocenters. The van der Waals surface area contributed by atoms with Crippen LogP contribution in [0.15, 0.2) is 33.2 Å². The molecule has 1 aromatic heterocycles. The number of carbonyl (C=O) groups excluding carboxylic acids is 1. The maximum absolute atomic E-state index is 12.4. The van der Waals surface area contributed by atoms with E-state index in [1.165, 1.54) is 19.3 Å². The van der Waals surface area contributed by atoms with Crippen LogP contribution in [0.2, 0.25) is 0 Å². The molecule has 0 bridgehead atoms. The zero-order chi connectivity index (χ0) is 17.2. The topological polar surface area (TPSA) is 68.0 Å². The van der Waals surface area contributed by atoms with Crippen molar-refractivity contribution in [3.63, 3.8) is 0 Å². The molecule has 3 atom stereocenters. The van der Waals surface area contributed by atoms with Gasteiger partial charge < -0.3 is 9.73 Å². The molecular weight excluding hydrogens is 382 g/mol. The van der Waals surface area contributed by atoms with E-state index in [0.717, 1.165) is 22.9 Å². The number of hydrogen-bond donors (Lipinski definition) is 1. The van der Waals surface area contributed by atoms with Crippen LogP contribution >= 0.6 is 15.9 Å². The van der Waals surface area contributed by atoms with Gasteiger partial charge in [-0.3, -0.25) is 4.79 Å². The Morgan fingerprint density at radius 3 is 2.72 bits per heavy atom. The maximum atomic E-state index is 12.4. The van der Waals surface area contributed by atoms with E-state index in [1.807, 2.05) is 24.3 Å². The molecule has 1 aliphatic heterocycles. The number of piperidine rings is 1. The highest BCUT2D eigenvalue weighted by Crippen LogP contribution is 2.34. The van der Waals surface area contributed by atoms with Gasteiger partial charge in [0.25, 0.3) is 0 Å². The number of benzene rings is 1. The van der Waals surface area contributed by atoms with Crippen LogP contribution in [0.5, 0.6) is 0 Å². The lowest BCUT2D eigenvalue weighted by atomic mass is 9.75. The van der Waals surface area contributed by atoms with Crippen molar-refractivity contribution in [3.05, 3.63) is 46.1 Å². The zero-order valence-electron chi connectivity index (χ0n) is 14.1. The fourth-order valence-corrected chi connectivity index (χ4v) is 4.32. The highest BCUT2D eigenvalue weighted by Gasteiger charge is 2.37. The Morgan fingerprint density at radius 1 is 1.12 bits per heavy atom. The largest absolute Gasteiger partial charge is 0.425 e. The number of rotatable bonds is 4. The summed E-state index contributed by atoms with van der Waals surface area (Å²) in [6.07, 6.45) is 6.96. The van der Waals surface area contributed by atoms with Crippen LogP contribution in [0.1, 0.15) is 49.4 Å². The predicted molar refractivity (Wildman–Crippen MR) is 96.9 cm³/mol. The van der Waals surface area contributed by atoms with Gasteiger partial charge in [0, 0.05) is 22.9 Å². The summed E-state index contributed by atoms with van der Waals surface area (Å²) in [6, 6.07) is 8.45. The first-order valence-corrected chi connectivity index (χ1v) is 9.83. The van der Waals surface area contributed by atoms with Crippen LogP contribution < -0.4 is 5.32 Å². The summed E-state index contributed by atoms with van der Waals surface area (Å²) in [7, 11) is 0. The van der Waals surface area contributed by atoms with Gasteiger partial charge in [-0.2, -0.15) is 0 Å². The molecule has 1 saturated carbocycles. The van der Waals surface area contributed by atoms with Crippen LogP contribution in [0, 0.1) is 11.8 Å². The molecule has 2 heterocycles. The minimum atomic E-state index is -0.0414. The van der Waals surface area contributed by atoms with Crippen molar-refractivity contribution in [1.29, 1.82) is 0 Å². The molecule has 6 heteroatoms. The van der Waals surface area contributed by atoms with Crippen LogP contribution in [0.3, 0.4) is 0 Å². The van der Waals surface area contributed by atoms with Crippen molar-refractivity contribution >= 4 is 21.8 Å². The van der Waals surface area contributed by atoms with Gasteiger partial charge in [0.1, 0.15) is 0 Å². The van der Waals surface area contributed by atoms with E-state index >= 15 is 0 Å². The fraction of sp³-hybridized carbons (Fsp3) is 0.526. The molecule has 1 amide bonds. The molecule has 4 rings (SSSR count). The van der Waals surface area contributed by atoms with Gasteiger partial charge in [0.2, 0.25) is 17.7 Å². The minimum absolute atomic E-state index is 0.0414. The first kappa shape index (κ1) is 16.8. The Morgan fingerprint density at radius 2 is 1.88 bits per heavy atom. The van der Waals surface area contributed by atoms with Gasteiger partial charge in [-0.1, -0.05) is 40.9 Å². The summed E-state index contributed by atoms with van der Waals surface area (Å²) < 4.78 is 6.84. The Hall–Kier alpha value is -1.69. The molecule has 2 fully saturated rings. The Bertz CT molecular complexity index is 743. The number of nitrogens with one attached hydrogen (secondary N) is 1. The lowest BCUT2D eigenvalue weighted by Gasteiger charge is -2.39. The summed E-state index contributed by atoms with van der Waals surface area (Å²) in [4.78, 5) is 12.4. The van der Waals surface area contributed by atoms with E-state index in [2.05, 4.69) is 31.4 Å².